The monoisotopic (exact) mass is 372 g/mol. The van der Waals surface area contributed by atoms with Crippen LogP contribution in [0, 0.1) is 5.82 Å². The van der Waals surface area contributed by atoms with Gasteiger partial charge in [0.1, 0.15) is 11.6 Å². The number of nitrogens with zero attached hydrogens (tertiary/aromatic N) is 1. The van der Waals surface area contributed by atoms with E-state index in [2.05, 4.69) is 29.3 Å². The topological polar surface area (TPSA) is 33.7 Å². The SMILES string of the molecule is CCCOc1ccc(CNCC(c2ccc(F)cc2)N2CCOCC2)cc1. The van der Waals surface area contributed by atoms with Gasteiger partial charge >= 0.3 is 0 Å². The molecule has 0 spiro atoms. The minimum atomic E-state index is -0.196. The van der Waals surface area contributed by atoms with Crippen molar-refractivity contribution in [3.63, 3.8) is 0 Å². The van der Waals surface area contributed by atoms with Crippen molar-refractivity contribution >= 4 is 0 Å². The molecule has 0 radical (unpaired) electrons. The normalized spacial score (nSPS) is 16.2. The van der Waals surface area contributed by atoms with Crippen LogP contribution in [0.2, 0.25) is 0 Å². The summed E-state index contributed by atoms with van der Waals surface area (Å²) >= 11 is 0. The molecule has 2 aromatic carbocycles. The molecular weight excluding hydrogens is 343 g/mol. The Labute approximate surface area is 161 Å². The van der Waals surface area contributed by atoms with E-state index in [1.54, 1.807) is 0 Å². The summed E-state index contributed by atoms with van der Waals surface area (Å²) in [5.41, 5.74) is 2.35. The fourth-order valence-corrected chi connectivity index (χ4v) is 3.31. The second-order valence-corrected chi connectivity index (χ2v) is 6.84. The Hall–Kier alpha value is -1.95. The first kappa shape index (κ1) is 19.8. The molecular formula is C22H29FN2O2. The Morgan fingerprint density at radius 1 is 1.07 bits per heavy atom. The largest absolute Gasteiger partial charge is 0.494 e. The van der Waals surface area contributed by atoms with Crippen LogP contribution < -0.4 is 10.1 Å². The maximum Gasteiger partial charge on any atom is 0.123 e. The molecule has 0 aliphatic carbocycles. The molecule has 5 heteroatoms. The van der Waals surface area contributed by atoms with E-state index < -0.39 is 0 Å². The molecule has 0 aromatic heterocycles. The lowest BCUT2D eigenvalue weighted by atomic mass is 10.0. The molecule has 1 atom stereocenters. The van der Waals surface area contributed by atoms with Gasteiger partial charge in [0.25, 0.3) is 0 Å². The lowest BCUT2D eigenvalue weighted by Crippen LogP contribution is -2.42. The highest BCUT2D eigenvalue weighted by atomic mass is 19.1. The zero-order chi connectivity index (χ0) is 18.9. The van der Waals surface area contributed by atoms with Gasteiger partial charge < -0.3 is 14.8 Å². The first-order chi connectivity index (χ1) is 13.3. The molecule has 27 heavy (non-hydrogen) atoms. The molecule has 1 fully saturated rings. The van der Waals surface area contributed by atoms with E-state index >= 15 is 0 Å². The number of hydrogen-bond donors (Lipinski definition) is 1. The van der Waals surface area contributed by atoms with Gasteiger partial charge in [-0.2, -0.15) is 0 Å². The predicted octanol–water partition coefficient (Wildman–Crippen LogP) is 3.78. The van der Waals surface area contributed by atoms with E-state index in [0.29, 0.717) is 0 Å². The second-order valence-electron chi connectivity index (χ2n) is 6.84. The Morgan fingerprint density at radius 3 is 2.44 bits per heavy atom. The number of halogens is 1. The predicted molar refractivity (Wildman–Crippen MR) is 105 cm³/mol. The highest BCUT2D eigenvalue weighted by Crippen LogP contribution is 2.22. The summed E-state index contributed by atoms with van der Waals surface area (Å²) in [6.07, 6.45) is 1.01. The van der Waals surface area contributed by atoms with Crippen LogP contribution in [0.5, 0.6) is 5.75 Å². The number of benzene rings is 2. The average molecular weight is 372 g/mol. The van der Waals surface area contributed by atoms with E-state index in [-0.39, 0.29) is 11.9 Å². The molecule has 1 N–H and O–H groups in total. The highest BCUT2D eigenvalue weighted by molar-refractivity contribution is 5.27. The summed E-state index contributed by atoms with van der Waals surface area (Å²) in [6.45, 7) is 7.73. The maximum absolute atomic E-state index is 13.3. The van der Waals surface area contributed by atoms with Crippen molar-refractivity contribution < 1.29 is 13.9 Å². The zero-order valence-electron chi connectivity index (χ0n) is 16.0. The number of hydrogen-bond acceptors (Lipinski definition) is 4. The van der Waals surface area contributed by atoms with Gasteiger partial charge in [-0.15, -0.1) is 0 Å². The Kier molecular flexibility index (Phi) is 7.63. The average Bonchev–Trinajstić information content (AvgIpc) is 2.72. The molecule has 0 amide bonds. The molecule has 1 aliphatic heterocycles. The van der Waals surface area contributed by atoms with Crippen molar-refractivity contribution in [2.75, 3.05) is 39.5 Å². The van der Waals surface area contributed by atoms with Crippen LogP contribution in [0.1, 0.15) is 30.5 Å². The van der Waals surface area contributed by atoms with Crippen LogP contribution in [0.3, 0.4) is 0 Å². The van der Waals surface area contributed by atoms with Crippen LogP contribution in [0.15, 0.2) is 48.5 Å². The Bertz CT molecular complexity index is 670. The Balaban J connectivity index is 1.58. The third-order valence-corrected chi connectivity index (χ3v) is 4.80. The number of morpholine rings is 1. The summed E-state index contributed by atoms with van der Waals surface area (Å²) < 4.78 is 24.4. The minimum absolute atomic E-state index is 0.196. The molecule has 4 nitrogen and oxygen atoms in total. The van der Waals surface area contributed by atoms with Crippen molar-refractivity contribution in [3.8, 4) is 5.75 Å². The smallest absolute Gasteiger partial charge is 0.123 e. The van der Waals surface area contributed by atoms with Crippen molar-refractivity contribution in [1.29, 1.82) is 0 Å². The van der Waals surface area contributed by atoms with E-state index in [4.69, 9.17) is 9.47 Å². The van der Waals surface area contributed by atoms with E-state index in [0.717, 1.165) is 63.7 Å². The van der Waals surface area contributed by atoms with Crippen molar-refractivity contribution in [1.82, 2.24) is 10.2 Å². The van der Waals surface area contributed by atoms with Gasteiger partial charge in [0.05, 0.1) is 19.8 Å². The molecule has 1 aliphatic rings. The van der Waals surface area contributed by atoms with E-state index in [1.165, 1.54) is 17.7 Å². The van der Waals surface area contributed by atoms with Crippen LogP contribution in [0.4, 0.5) is 4.39 Å². The van der Waals surface area contributed by atoms with Gasteiger partial charge in [0.15, 0.2) is 0 Å². The summed E-state index contributed by atoms with van der Waals surface area (Å²) in [5.74, 6) is 0.718. The second kappa shape index (κ2) is 10.4. The number of nitrogens with one attached hydrogen (secondary N) is 1. The molecule has 1 heterocycles. The third-order valence-electron chi connectivity index (χ3n) is 4.80. The molecule has 0 saturated carbocycles. The van der Waals surface area contributed by atoms with Crippen molar-refractivity contribution in [3.05, 3.63) is 65.5 Å². The van der Waals surface area contributed by atoms with Crippen LogP contribution in [-0.2, 0) is 11.3 Å². The zero-order valence-corrected chi connectivity index (χ0v) is 16.0. The molecule has 3 rings (SSSR count). The van der Waals surface area contributed by atoms with Crippen LogP contribution >= 0.6 is 0 Å². The summed E-state index contributed by atoms with van der Waals surface area (Å²) in [4.78, 5) is 2.41. The summed E-state index contributed by atoms with van der Waals surface area (Å²) in [6, 6.07) is 15.3. The van der Waals surface area contributed by atoms with Gasteiger partial charge in [-0.3, -0.25) is 4.90 Å². The van der Waals surface area contributed by atoms with Crippen molar-refractivity contribution in [2.24, 2.45) is 0 Å². The van der Waals surface area contributed by atoms with Gasteiger partial charge in [-0.05, 0) is 41.8 Å². The number of ether oxygens (including phenoxy) is 2. The van der Waals surface area contributed by atoms with Gasteiger partial charge in [-0.25, -0.2) is 4.39 Å². The molecule has 1 unspecified atom stereocenters. The Morgan fingerprint density at radius 2 is 1.78 bits per heavy atom. The van der Waals surface area contributed by atoms with E-state index in [9.17, 15) is 4.39 Å². The molecule has 146 valence electrons. The van der Waals surface area contributed by atoms with Gasteiger partial charge in [0.2, 0.25) is 0 Å². The minimum Gasteiger partial charge on any atom is -0.494 e. The standard InChI is InChI=1S/C22H29FN2O2/c1-2-13-27-21-9-3-18(4-10-21)16-24-17-22(25-11-14-26-15-12-25)19-5-7-20(23)8-6-19/h3-10,22,24H,2,11-17H2,1H3. The van der Waals surface area contributed by atoms with E-state index in [1.807, 2.05) is 24.3 Å². The third kappa shape index (κ3) is 6.03. The van der Waals surface area contributed by atoms with Crippen molar-refractivity contribution in [2.45, 2.75) is 25.9 Å². The summed E-state index contributed by atoms with van der Waals surface area (Å²) in [5, 5.41) is 3.56. The lowest BCUT2D eigenvalue weighted by molar-refractivity contribution is 0.0161. The maximum atomic E-state index is 13.3. The highest BCUT2D eigenvalue weighted by Gasteiger charge is 2.22. The van der Waals surface area contributed by atoms with Gasteiger partial charge in [0, 0.05) is 32.2 Å². The lowest BCUT2D eigenvalue weighted by Gasteiger charge is -2.35. The fraction of sp³-hybridized carbons (Fsp3) is 0.455. The van der Waals surface area contributed by atoms with Crippen LogP contribution in [-0.4, -0.2) is 44.4 Å². The fourth-order valence-electron chi connectivity index (χ4n) is 3.31. The molecule has 1 saturated heterocycles. The van der Waals surface area contributed by atoms with Gasteiger partial charge in [-0.1, -0.05) is 31.2 Å². The van der Waals surface area contributed by atoms with Crippen LogP contribution in [0.25, 0.3) is 0 Å². The number of rotatable bonds is 9. The summed E-state index contributed by atoms with van der Waals surface area (Å²) in [7, 11) is 0. The quantitative estimate of drug-likeness (QED) is 0.726. The molecule has 0 bridgehead atoms. The first-order valence-corrected chi connectivity index (χ1v) is 9.76. The first-order valence-electron chi connectivity index (χ1n) is 9.76. The molecule has 2 aromatic rings.